The smallest absolute Gasteiger partial charge is 0.242 e. The first kappa shape index (κ1) is 31.3. The van der Waals surface area contributed by atoms with E-state index in [1.165, 1.54) is 24.3 Å². The van der Waals surface area contributed by atoms with E-state index in [0.29, 0.717) is 22.3 Å². The van der Waals surface area contributed by atoms with Crippen molar-refractivity contribution in [1.82, 2.24) is 9.44 Å². The molecular weight excluding hydrogens is 593 g/mol. The number of nitrogens with two attached hydrogens (primary N) is 2. The highest BCUT2D eigenvalue weighted by Crippen LogP contribution is 2.32. The van der Waals surface area contributed by atoms with Gasteiger partial charge in [-0.25, -0.2) is 26.3 Å². The minimum atomic E-state index is -4.43. The number of sulfonamides is 2. The SMILES string of the molecule is N[C@@H](c1ccccc1)[C@@H](NS(=O)(=O)c1ccccc1S(=O)(=O)N[C@@H](c1ccccc1)[C@@H](N)c1ccccc1)c1ccccc1. The van der Waals surface area contributed by atoms with Crippen LogP contribution in [0.25, 0.3) is 0 Å². The molecule has 0 aliphatic heterocycles. The van der Waals surface area contributed by atoms with Crippen LogP contribution in [0.1, 0.15) is 46.4 Å². The lowest BCUT2D eigenvalue weighted by molar-refractivity contribution is 0.496. The van der Waals surface area contributed by atoms with E-state index in [9.17, 15) is 16.8 Å². The average Bonchev–Trinajstić information content (AvgIpc) is 3.07. The molecule has 0 spiro atoms. The van der Waals surface area contributed by atoms with Gasteiger partial charge in [-0.15, -0.1) is 0 Å². The summed E-state index contributed by atoms with van der Waals surface area (Å²) in [5, 5.41) is 0. The van der Waals surface area contributed by atoms with Crippen molar-refractivity contribution in [3.8, 4) is 0 Å². The fourth-order valence-electron chi connectivity index (χ4n) is 5.11. The lowest BCUT2D eigenvalue weighted by atomic mass is 9.95. The summed E-state index contributed by atoms with van der Waals surface area (Å²) in [6, 6.07) is 38.3. The minimum Gasteiger partial charge on any atom is -0.322 e. The van der Waals surface area contributed by atoms with Crippen LogP contribution in [0.5, 0.6) is 0 Å². The van der Waals surface area contributed by atoms with Gasteiger partial charge in [0.05, 0.1) is 24.2 Å². The van der Waals surface area contributed by atoms with E-state index in [1.54, 1.807) is 48.5 Å². The van der Waals surface area contributed by atoms with Crippen molar-refractivity contribution < 1.29 is 16.8 Å². The molecule has 0 amide bonds. The van der Waals surface area contributed by atoms with Crippen molar-refractivity contribution in [2.75, 3.05) is 0 Å². The molecule has 0 aromatic heterocycles. The molecule has 0 saturated heterocycles. The lowest BCUT2D eigenvalue weighted by Gasteiger charge is -2.27. The van der Waals surface area contributed by atoms with Crippen LogP contribution in [0.3, 0.4) is 0 Å². The third-order valence-corrected chi connectivity index (χ3v) is 10.5. The normalized spacial score (nSPS) is 14.8. The van der Waals surface area contributed by atoms with Crippen LogP contribution in [0, 0.1) is 0 Å². The Kier molecular flexibility index (Phi) is 9.70. The second-order valence-corrected chi connectivity index (χ2v) is 13.7. The molecule has 0 heterocycles. The van der Waals surface area contributed by atoms with E-state index in [2.05, 4.69) is 9.44 Å². The zero-order chi connectivity index (χ0) is 31.2. The van der Waals surface area contributed by atoms with Crippen molar-refractivity contribution >= 4 is 20.0 Å². The Morgan fingerprint density at radius 1 is 0.386 bits per heavy atom. The summed E-state index contributed by atoms with van der Waals surface area (Å²) in [4.78, 5) is -0.817. The first-order chi connectivity index (χ1) is 21.2. The Hall–Kier alpha value is -4.16. The molecule has 0 aliphatic rings. The topological polar surface area (TPSA) is 144 Å². The van der Waals surface area contributed by atoms with Crippen molar-refractivity contribution in [2.24, 2.45) is 11.5 Å². The predicted molar refractivity (Wildman–Crippen MR) is 172 cm³/mol. The zero-order valence-corrected chi connectivity index (χ0v) is 25.4. The van der Waals surface area contributed by atoms with Crippen molar-refractivity contribution in [3.05, 3.63) is 168 Å². The number of rotatable bonds is 12. The van der Waals surface area contributed by atoms with Gasteiger partial charge in [0.2, 0.25) is 20.0 Å². The highest BCUT2D eigenvalue weighted by molar-refractivity contribution is 7.92. The van der Waals surface area contributed by atoms with Gasteiger partial charge < -0.3 is 11.5 Å². The van der Waals surface area contributed by atoms with Crippen LogP contribution in [-0.4, -0.2) is 16.8 Å². The predicted octanol–water partition coefficient (Wildman–Crippen LogP) is 5.13. The Balaban J connectivity index is 1.52. The van der Waals surface area contributed by atoms with E-state index in [-0.39, 0.29) is 0 Å². The van der Waals surface area contributed by atoms with Crippen LogP contribution in [0.15, 0.2) is 155 Å². The van der Waals surface area contributed by atoms with Crippen molar-refractivity contribution in [1.29, 1.82) is 0 Å². The van der Waals surface area contributed by atoms with E-state index in [4.69, 9.17) is 11.5 Å². The molecular formula is C34H34N4O4S2. The summed E-state index contributed by atoms with van der Waals surface area (Å²) >= 11 is 0. The first-order valence-electron chi connectivity index (χ1n) is 14.0. The third-order valence-electron chi connectivity index (χ3n) is 7.40. The van der Waals surface area contributed by atoms with Gasteiger partial charge in [-0.3, -0.25) is 0 Å². The van der Waals surface area contributed by atoms with Crippen LogP contribution in [0.4, 0.5) is 0 Å². The molecule has 8 nitrogen and oxygen atoms in total. The monoisotopic (exact) mass is 626 g/mol. The summed E-state index contributed by atoms with van der Waals surface area (Å²) in [5.41, 5.74) is 15.9. The van der Waals surface area contributed by atoms with Gasteiger partial charge in [0.15, 0.2) is 0 Å². The second-order valence-electron chi connectivity index (χ2n) is 10.3. The standard InChI is InChI=1S/C34H34N4O4S2/c35-31(25-15-5-1-6-16-25)33(27-19-9-3-10-20-27)37-43(39,40)29-23-13-14-24-30(29)44(41,42)38-34(28-21-11-4-12-22-28)32(36)26-17-7-2-8-18-26/h1-24,31-34,37-38H,35-36H2/t31-,32-,33-,34-/m0/s1. The van der Waals surface area contributed by atoms with Crippen LogP contribution in [-0.2, 0) is 20.0 Å². The third kappa shape index (κ3) is 7.13. The molecule has 0 aliphatic carbocycles. The van der Waals surface area contributed by atoms with E-state index < -0.39 is 54.0 Å². The first-order valence-corrected chi connectivity index (χ1v) is 17.0. The van der Waals surface area contributed by atoms with Crippen LogP contribution in [0.2, 0.25) is 0 Å². The van der Waals surface area contributed by atoms with E-state index in [1.807, 2.05) is 72.8 Å². The summed E-state index contributed by atoms with van der Waals surface area (Å²) in [5.74, 6) is 0. The van der Waals surface area contributed by atoms with Crippen LogP contribution >= 0.6 is 0 Å². The molecule has 0 fully saturated rings. The molecule has 4 atom stereocenters. The molecule has 6 N–H and O–H groups in total. The molecule has 0 radical (unpaired) electrons. The number of benzene rings is 5. The quantitative estimate of drug-likeness (QED) is 0.151. The summed E-state index contributed by atoms with van der Waals surface area (Å²) in [6.45, 7) is 0. The number of hydrogen-bond donors (Lipinski definition) is 4. The highest BCUT2D eigenvalue weighted by atomic mass is 32.2. The van der Waals surface area contributed by atoms with Crippen molar-refractivity contribution in [3.63, 3.8) is 0 Å². The Bertz CT molecular complexity index is 1740. The lowest BCUT2D eigenvalue weighted by Crippen LogP contribution is -2.38. The Labute approximate surface area is 258 Å². The minimum absolute atomic E-state index is 0.409. The average molecular weight is 627 g/mol. The van der Waals surface area contributed by atoms with Gasteiger partial charge in [0.25, 0.3) is 0 Å². The summed E-state index contributed by atoms with van der Waals surface area (Å²) in [7, 11) is -8.86. The molecule has 5 aromatic rings. The summed E-state index contributed by atoms with van der Waals surface area (Å²) in [6.07, 6.45) is 0. The van der Waals surface area contributed by atoms with E-state index in [0.717, 1.165) is 0 Å². The van der Waals surface area contributed by atoms with Gasteiger partial charge in [-0.2, -0.15) is 0 Å². The fourth-order valence-corrected chi connectivity index (χ4v) is 8.44. The maximum absolute atomic E-state index is 14.0. The van der Waals surface area contributed by atoms with Gasteiger partial charge in [-0.05, 0) is 34.4 Å². The molecule has 5 aromatic carbocycles. The molecule has 0 unspecified atom stereocenters. The molecule has 0 saturated carbocycles. The Morgan fingerprint density at radius 2 is 0.636 bits per heavy atom. The van der Waals surface area contributed by atoms with Gasteiger partial charge in [0, 0.05) is 0 Å². The molecule has 44 heavy (non-hydrogen) atoms. The van der Waals surface area contributed by atoms with Gasteiger partial charge >= 0.3 is 0 Å². The number of hydrogen-bond acceptors (Lipinski definition) is 6. The second kappa shape index (κ2) is 13.6. The van der Waals surface area contributed by atoms with Gasteiger partial charge in [-0.1, -0.05) is 133 Å². The molecule has 226 valence electrons. The van der Waals surface area contributed by atoms with Crippen molar-refractivity contribution in [2.45, 2.75) is 34.0 Å². The maximum Gasteiger partial charge on any atom is 0.242 e. The fraction of sp³-hybridized carbons (Fsp3) is 0.118. The molecule has 0 bridgehead atoms. The van der Waals surface area contributed by atoms with E-state index >= 15 is 0 Å². The zero-order valence-electron chi connectivity index (χ0n) is 23.8. The maximum atomic E-state index is 14.0. The largest absolute Gasteiger partial charge is 0.322 e. The Morgan fingerprint density at radius 3 is 0.932 bits per heavy atom. The molecule has 10 heteroatoms. The van der Waals surface area contributed by atoms with Gasteiger partial charge in [0.1, 0.15) is 9.79 Å². The summed E-state index contributed by atoms with van der Waals surface area (Å²) < 4.78 is 61.6. The molecule has 5 rings (SSSR count). The highest BCUT2D eigenvalue weighted by Gasteiger charge is 2.34. The number of nitrogens with one attached hydrogen (secondary N) is 2. The van der Waals surface area contributed by atoms with Crippen LogP contribution < -0.4 is 20.9 Å².